The number of ether oxygens (including phenoxy) is 1. The number of amides is 3. The molecule has 3 amide bonds. The zero-order valence-corrected chi connectivity index (χ0v) is 12.6. The van der Waals surface area contributed by atoms with Gasteiger partial charge in [0.05, 0.1) is 23.3 Å². The first kappa shape index (κ1) is 14.7. The van der Waals surface area contributed by atoms with Crippen molar-refractivity contribution in [1.82, 2.24) is 9.80 Å². The highest BCUT2D eigenvalue weighted by molar-refractivity contribution is 6.22. The zero-order valence-electron chi connectivity index (χ0n) is 12.6. The second-order valence-corrected chi connectivity index (χ2v) is 5.80. The van der Waals surface area contributed by atoms with Gasteiger partial charge in [-0.15, -0.1) is 0 Å². The van der Waals surface area contributed by atoms with Crippen LogP contribution in [0.2, 0.25) is 0 Å². The largest absolute Gasteiger partial charge is 0.372 e. The lowest BCUT2D eigenvalue weighted by atomic mass is 10.1. The molecule has 1 aromatic rings. The van der Waals surface area contributed by atoms with Crippen LogP contribution in [0.5, 0.6) is 0 Å². The van der Waals surface area contributed by atoms with Crippen molar-refractivity contribution in [3.63, 3.8) is 0 Å². The summed E-state index contributed by atoms with van der Waals surface area (Å²) in [5.41, 5.74) is 0.730. The van der Waals surface area contributed by atoms with E-state index in [9.17, 15) is 14.4 Å². The van der Waals surface area contributed by atoms with Gasteiger partial charge in [-0.3, -0.25) is 19.3 Å². The van der Waals surface area contributed by atoms with E-state index in [4.69, 9.17) is 4.74 Å². The van der Waals surface area contributed by atoms with E-state index in [0.717, 1.165) is 4.90 Å². The highest BCUT2D eigenvalue weighted by Gasteiger charge is 2.37. The van der Waals surface area contributed by atoms with Crippen LogP contribution < -0.4 is 0 Å². The Morgan fingerprint density at radius 1 is 1.09 bits per heavy atom. The van der Waals surface area contributed by atoms with Crippen molar-refractivity contribution in [2.24, 2.45) is 0 Å². The van der Waals surface area contributed by atoms with Crippen molar-refractivity contribution >= 4 is 17.7 Å². The Bertz CT molecular complexity index is 598. The summed E-state index contributed by atoms with van der Waals surface area (Å²) in [5, 5.41) is 0. The first-order chi connectivity index (χ1) is 10.5. The van der Waals surface area contributed by atoms with E-state index in [1.165, 1.54) is 0 Å². The number of nitrogens with zero attached hydrogens (tertiary/aromatic N) is 2. The molecule has 0 bridgehead atoms. The molecule has 3 rings (SSSR count). The summed E-state index contributed by atoms with van der Waals surface area (Å²) in [5.74, 6) is -1.02. The van der Waals surface area contributed by atoms with Crippen LogP contribution in [0.4, 0.5) is 0 Å². The second-order valence-electron chi connectivity index (χ2n) is 5.80. The Morgan fingerprint density at radius 3 is 2.09 bits per heavy atom. The first-order valence-corrected chi connectivity index (χ1v) is 7.36. The topological polar surface area (TPSA) is 66.9 Å². The SMILES string of the molecule is C[C@@H]1CN(C(=O)CN2C(=O)c3ccccc3C2=O)C[C@H](C)O1. The van der Waals surface area contributed by atoms with Gasteiger partial charge in [0.25, 0.3) is 11.8 Å². The number of carbonyl (C=O) groups is 3. The minimum Gasteiger partial charge on any atom is -0.372 e. The molecule has 22 heavy (non-hydrogen) atoms. The highest BCUT2D eigenvalue weighted by atomic mass is 16.5. The van der Waals surface area contributed by atoms with Crippen molar-refractivity contribution in [2.45, 2.75) is 26.1 Å². The van der Waals surface area contributed by atoms with E-state index in [2.05, 4.69) is 0 Å². The molecule has 0 radical (unpaired) electrons. The van der Waals surface area contributed by atoms with Crippen LogP contribution in [0.3, 0.4) is 0 Å². The minimum absolute atomic E-state index is 0.0464. The van der Waals surface area contributed by atoms with Crippen molar-refractivity contribution in [3.05, 3.63) is 35.4 Å². The van der Waals surface area contributed by atoms with E-state index < -0.39 is 11.8 Å². The molecule has 6 nitrogen and oxygen atoms in total. The number of rotatable bonds is 2. The number of hydrogen-bond acceptors (Lipinski definition) is 4. The van der Waals surface area contributed by atoms with Crippen LogP contribution in [0.1, 0.15) is 34.6 Å². The van der Waals surface area contributed by atoms with Gasteiger partial charge in [0, 0.05) is 13.1 Å². The van der Waals surface area contributed by atoms with Gasteiger partial charge in [-0.05, 0) is 26.0 Å². The molecule has 1 saturated heterocycles. The molecule has 2 atom stereocenters. The van der Waals surface area contributed by atoms with Gasteiger partial charge >= 0.3 is 0 Å². The standard InChI is InChI=1S/C16H18N2O4/c1-10-7-17(8-11(2)22-10)14(19)9-18-15(20)12-5-3-4-6-13(12)16(18)21/h3-6,10-11H,7-9H2,1-2H3/t10-,11+. The van der Waals surface area contributed by atoms with Crippen LogP contribution in [-0.2, 0) is 9.53 Å². The summed E-state index contributed by atoms with van der Waals surface area (Å²) < 4.78 is 5.59. The molecule has 1 fully saturated rings. The Kier molecular flexibility index (Phi) is 3.70. The van der Waals surface area contributed by atoms with E-state index in [-0.39, 0.29) is 24.7 Å². The van der Waals surface area contributed by atoms with Crippen molar-refractivity contribution in [1.29, 1.82) is 0 Å². The average molecular weight is 302 g/mol. The van der Waals surface area contributed by atoms with Gasteiger partial charge in [-0.25, -0.2) is 0 Å². The van der Waals surface area contributed by atoms with Gasteiger partial charge in [-0.2, -0.15) is 0 Å². The number of hydrogen-bond donors (Lipinski definition) is 0. The smallest absolute Gasteiger partial charge is 0.262 e. The molecular weight excluding hydrogens is 284 g/mol. The van der Waals surface area contributed by atoms with Crippen LogP contribution >= 0.6 is 0 Å². The van der Waals surface area contributed by atoms with E-state index in [1.807, 2.05) is 13.8 Å². The lowest BCUT2D eigenvalue weighted by Crippen LogP contribution is -2.51. The maximum atomic E-state index is 12.4. The lowest BCUT2D eigenvalue weighted by Gasteiger charge is -2.35. The predicted octanol–water partition coefficient (Wildman–Crippen LogP) is 0.918. The summed E-state index contributed by atoms with van der Waals surface area (Å²) in [6.07, 6.45) is -0.0928. The third-order valence-corrected chi connectivity index (χ3v) is 3.94. The van der Waals surface area contributed by atoms with E-state index in [1.54, 1.807) is 29.2 Å². The Morgan fingerprint density at radius 2 is 1.59 bits per heavy atom. The maximum Gasteiger partial charge on any atom is 0.262 e. The van der Waals surface area contributed by atoms with Crippen LogP contribution in [0.15, 0.2) is 24.3 Å². The molecular formula is C16H18N2O4. The predicted molar refractivity (Wildman–Crippen MR) is 78.4 cm³/mol. The molecule has 0 saturated carbocycles. The second kappa shape index (κ2) is 5.53. The fraction of sp³-hybridized carbons (Fsp3) is 0.438. The normalized spacial score (nSPS) is 24.6. The van der Waals surface area contributed by atoms with Gasteiger partial charge in [-0.1, -0.05) is 12.1 Å². The zero-order chi connectivity index (χ0) is 15.9. The number of benzene rings is 1. The monoisotopic (exact) mass is 302 g/mol. The molecule has 116 valence electrons. The van der Waals surface area contributed by atoms with Crippen LogP contribution in [0, 0.1) is 0 Å². The quantitative estimate of drug-likeness (QED) is 0.762. The molecule has 1 aromatic carbocycles. The molecule has 2 aliphatic rings. The molecule has 2 heterocycles. The summed E-state index contributed by atoms with van der Waals surface area (Å²) in [6.45, 7) is 4.54. The van der Waals surface area contributed by atoms with Crippen molar-refractivity contribution < 1.29 is 19.1 Å². The van der Waals surface area contributed by atoms with Gasteiger partial charge < -0.3 is 9.64 Å². The van der Waals surface area contributed by atoms with Crippen LogP contribution in [-0.4, -0.2) is 59.4 Å². The van der Waals surface area contributed by atoms with Gasteiger partial charge in [0.15, 0.2) is 0 Å². The minimum atomic E-state index is -0.400. The van der Waals surface area contributed by atoms with Gasteiger partial charge in [0.2, 0.25) is 5.91 Å². The summed E-state index contributed by atoms with van der Waals surface area (Å²) in [7, 11) is 0. The third-order valence-electron chi connectivity index (χ3n) is 3.94. The number of morpholine rings is 1. The van der Waals surface area contributed by atoms with Crippen molar-refractivity contribution in [2.75, 3.05) is 19.6 Å². The fourth-order valence-electron chi connectivity index (χ4n) is 3.00. The number of carbonyl (C=O) groups excluding carboxylic acids is 3. The molecule has 0 aliphatic carbocycles. The fourth-order valence-corrected chi connectivity index (χ4v) is 3.00. The highest BCUT2D eigenvalue weighted by Crippen LogP contribution is 2.22. The third kappa shape index (κ3) is 2.50. The molecule has 0 aromatic heterocycles. The van der Waals surface area contributed by atoms with E-state index >= 15 is 0 Å². The van der Waals surface area contributed by atoms with Crippen molar-refractivity contribution in [3.8, 4) is 0 Å². The molecule has 0 spiro atoms. The molecule has 2 aliphatic heterocycles. The first-order valence-electron chi connectivity index (χ1n) is 7.36. The molecule has 0 unspecified atom stereocenters. The lowest BCUT2D eigenvalue weighted by molar-refractivity contribution is -0.143. The Labute approximate surface area is 128 Å². The Balaban J connectivity index is 1.73. The van der Waals surface area contributed by atoms with E-state index in [0.29, 0.717) is 24.2 Å². The average Bonchev–Trinajstić information content (AvgIpc) is 2.72. The summed E-state index contributed by atoms with van der Waals surface area (Å²) >= 11 is 0. The number of imide groups is 1. The Hall–Kier alpha value is -2.21. The van der Waals surface area contributed by atoms with Gasteiger partial charge in [0.1, 0.15) is 6.54 Å². The molecule has 6 heteroatoms. The summed E-state index contributed by atoms with van der Waals surface area (Å²) in [4.78, 5) is 39.6. The molecule has 0 N–H and O–H groups in total. The maximum absolute atomic E-state index is 12.4. The summed E-state index contributed by atoms with van der Waals surface area (Å²) in [6, 6.07) is 6.64. The van der Waals surface area contributed by atoms with Crippen LogP contribution in [0.25, 0.3) is 0 Å². The number of fused-ring (bicyclic) bond motifs is 1.